The lowest BCUT2D eigenvalue weighted by Crippen LogP contribution is -2.55. The highest BCUT2D eigenvalue weighted by Gasteiger charge is 2.37. The molecule has 1 aliphatic heterocycles. The average molecular weight is 201 g/mol. The Balaban J connectivity index is 0. The van der Waals surface area contributed by atoms with Gasteiger partial charge in [0.25, 0.3) is 0 Å². The molecule has 1 heterocycles. The van der Waals surface area contributed by atoms with E-state index in [4.69, 9.17) is 0 Å². The van der Waals surface area contributed by atoms with E-state index in [2.05, 4.69) is 13.8 Å². The summed E-state index contributed by atoms with van der Waals surface area (Å²) in [4.78, 5) is 12.6. The van der Waals surface area contributed by atoms with Crippen molar-refractivity contribution >= 4 is 5.91 Å². The molecule has 0 bridgehead atoms. The number of carbonyl (C=O) groups is 1. The fourth-order valence-electron chi connectivity index (χ4n) is 1.32. The lowest BCUT2D eigenvalue weighted by molar-refractivity contribution is -0.140. The maximum Gasteiger partial charge on any atom is 0.219 e. The monoisotopic (exact) mass is 201 g/mol. The second kappa shape index (κ2) is 7.84. The molecule has 0 N–H and O–H groups in total. The molecule has 1 fully saturated rings. The van der Waals surface area contributed by atoms with Crippen LogP contribution in [-0.4, -0.2) is 23.9 Å². The summed E-state index contributed by atoms with van der Waals surface area (Å²) in [5, 5.41) is 0. The predicted molar refractivity (Wildman–Crippen MR) is 63.3 cm³/mol. The Labute approximate surface area is 89.7 Å². The number of likely N-dealkylation sites (tertiary alicyclic amines) is 1. The molecule has 1 saturated heterocycles. The summed E-state index contributed by atoms with van der Waals surface area (Å²) in [5.74, 6) is 0.214. The van der Waals surface area contributed by atoms with Gasteiger partial charge in [-0.05, 0) is 6.42 Å². The lowest BCUT2D eigenvalue weighted by Gasteiger charge is -2.47. The highest BCUT2D eigenvalue weighted by atomic mass is 16.2. The van der Waals surface area contributed by atoms with Crippen LogP contribution in [0.5, 0.6) is 0 Å². The van der Waals surface area contributed by atoms with Gasteiger partial charge in [-0.2, -0.15) is 0 Å². The Morgan fingerprint density at radius 3 is 1.79 bits per heavy atom. The molecule has 0 saturated carbocycles. The Morgan fingerprint density at radius 2 is 1.57 bits per heavy atom. The molecule has 1 rings (SSSR count). The number of rotatable bonds is 1. The van der Waals surface area contributed by atoms with E-state index in [0.29, 0.717) is 5.41 Å². The Kier molecular flexibility index (Phi) is 8.91. The van der Waals surface area contributed by atoms with Gasteiger partial charge >= 0.3 is 0 Å². The summed E-state index contributed by atoms with van der Waals surface area (Å²) in [5.41, 5.74) is 0.422. The highest BCUT2D eigenvalue weighted by Crippen LogP contribution is 2.32. The third-order valence-electron chi connectivity index (χ3n) is 2.44. The van der Waals surface area contributed by atoms with Gasteiger partial charge in [-0.25, -0.2) is 0 Å². The molecular formula is C12H27NO. The van der Waals surface area contributed by atoms with E-state index in [1.165, 1.54) is 6.42 Å². The molecule has 0 spiro atoms. The predicted octanol–water partition coefficient (Wildman–Crippen LogP) is 3.32. The lowest BCUT2D eigenvalue weighted by atomic mass is 9.79. The Morgan fingerprint density at radius 1 is 1.21 bits per heavy atom. The van der Waals surface area contributed by atoms with Crippen LogP contribution in [0.1, 0.15) is 54.9 Å². The molecule has 2 nitrogen and oxygen atoms in total. The maximum absolute atomic E-state index is 10.8. The van der Waals surface area contributed by atoms with E-state index in [9.17, 15) is 4.79 Å². The molecule has 0 atom stereocenters. The van der Waals surface area contributed by atoms with E-state index in [0.717, 1.165) is 13.1 Å². The van der Waals surface area contributed by atoms with Gasteiger partial charge in [0.15, 0.2) is 0 Å². The Bertz CT molecular complexity index is 148. The van der Waals surface area contributed by atoms with Crippen LogP contribution in [0.25, 0.3) is 0 Å². The topological polar surface area (TPSA) is 20.3 Å². The van der Waals surface area contributed by atoms with Crippen LogP contribution < -0.4 is 0 Å². The SMILES string of the molecule is CC.CC.CCC1(C)CN(C(C)=O)C1. The van der Waals surface area contributed by atoms with Crippen molar-refractivity contribution in [1.29, 1.82) is 0 Å². The molecule has 2 heteroatoms. The van der Waals surface area contributed by atoms with E-state index < -0.39 is 0 Å². The van der Waals surface area contributed by atoms with Crippen LogP contribution in [0.3, 0.4) is 0 Å². The van der Waals surface area contributed by atoms with Gasteiger partial charge in [-0.15, -0.1) is 0 Å². The van der Waals surface area contributed by atoms with E-state index in [1.807, 2.05) is 32.6 Å². The summed E-state index contributed by atoms with van der Waals surface area (Å²) < 4.78 is 0. The molecule has 1 aliphatic rings. The normalized spacial score (nSPS) is 16.6. The molecule has 0 aliphatic carbocycles. The zero-order valence-corrected chi connectivity index (χ0v) is 11.0. The largest absolute Gasteiger partial charge is 0.342 e. The molecule has 0 aromatic heterocycles. The van der Waals surface area contributed by atoms with Crippen molar-refractivity contribution in [3.05, 3.63) is 0 Å². The van der Waals surface area contributed by atoms with Gasteiger partial charge in [0, 0.05) is 25.4 Å². The fraction of sp³-hybridized carbons (Fsp3) is 0.917. The summed E-state index contributed by atoms with van der Waals surface area (Å²) in [6.07, 6.45) is 1.18. The first-order chi connectivity index (χ1) is 6.57. The molecule has 1 amide bonds. The van der Waals surface area contributed by atoms with Crippen molar-refractivity contribution in [3.63, 3.8) is 0 Å². The van der Waals surface area contributed by atoms with Gasteiger partial charge < -0.3 is 4.90 Å². The van der Waals surface area contributed by atoms with Crippen molar-refractivity contribution in [2.24, 2.45) is 5.41 Å². The second-order valence-corrected chi connectivity index (χ2v) is 3.54. The first-order valence-electron chi connectivity index (χ1n) is 5.83. The smallest absolute Gasteiger partial charge is 0.219 e. The van der Waals surface area contributed by atoms with Crippen LogP contribution in [0.2, 0.25) is 0 Å². The summed E-state index contributed by atoms with van der Waals surface area (Å²) in [6, 6.07) is 0. The van der Waals surface area contributed by atoms with Gasteiger partial charge in [0.1, 0.15) is 0 Å². The van der Waals surface area contributed by atoms with E-state index >= 15 is 0 Å². The van der Waals surface area contributed by atoms with E-state index in [-0.39, 0.29) is 5.91 Å². The third-order valence-corrected chi connectivity index (χ3v) is 2.44. The average Bonchev–Trinajstić information content (AvgIpc) is 2.19. The minimum Gasteiger partial charge on any atom is -0.342 e. The summed E-state index contributed by atoms with van der Waals surface area (Å²) >= 11 is 0. The fourth-order valence-corrected chi connectivity index (χ4v) is 1.32. The number of amides is 1. The zero-order valence-electron chi connectivity index (χ0n) is 11.0. The molecule has 0 aromatic rings. The standard InChI is InChI=1S/C8H15NO.2C2H6/c1-4-8(3)5-9(6-8)7(2)10;2*1-2/h4-6H2,1-3H3;2*1-2H3. The molecular weight excluding hydrogens is 174 g/mol. The highest BCUT2D eigenvalue weighted by molar-refractivity contribution is 5.74. The first-order valence-corrected chi connectivity index (χ1v) is 5.83. The summed E-state index contributed by atoms with van der Waals surface area (Å²) in [7, 11) is 0. The van der Waals surface area contributed by atoms with Gasteiger partial charge in [-0.1, -0.05) is 41.5 Å². The number of carbonyl (C=O) groups excluding carboxylic acids is 1. The number of hydrogen-bond donors (Lipinski definition) is 0. The number of hydrogen-bond acceptors (Lipinski definition) is 1. The van der Waals surface area contributed by atoms with Crippen LogP contribution in [0.4, 0.5) is 0 Å². The Hall–Kier alpha value is -0.530. The van der Waals surface area contributed by atoms with Gasteiger partial charge in [0.05, 0.1) is 0 Å². The van der Waals surface area contributed by atoms with Crippen molar-refractivity contribution in [3.8, 4) is 0 Å². The molecule has 0 aromatic carbocycles. The molecule has 0 unspecified atom stereocenters. The maximum atomic E-state index is 10.8. The summed E-state index contributed by atoms with van der Waals surface area (Å²) in [6.45, 7) is 16.0. The zero-order chi connectivity index (χ0) is 11.8. The van der Waals surface area contributed by atoms with E-state index in [1.54, 1.807) is 6.92 Å². The van der Waals surface area contributed by atoms with Crippen molar-refractivity contribution < 1.29 is 4.79 Å². The quantitative estimate of drug-likeness (QED) is 0.637. The van der Waals surface area contributed by atoms with Gasteiger partial charge in [-0.3, -0.25) is 4.79 Å². The van der Waals surface area contributed by atoms with Crippen LogP contribution >= 0.6 is 0 Å². The first kappa shape index (κ1) is 15.9. The van der Waals surface area contributed by atoms with Crippen molar-refractivity contribution in [2.75, 3.05) is 13.1 Å². The van der Waals surface area contributed by atoms with Crippen molar-refractivity contribution in [1.82, 2.24) is 4.90 Å². The molecule has 86 valence electrons. The molecule has 0 radical (unpaired) electrons. The molecule has 14 heavy (non-hydrogen) atoms. The van der Waals surface area contributed by atoms with Gasteiger partial charge in [0.2, 0.25) is 5.91 Å². The van der Waals surface area contributed by atoms with Crippen LogP contribution in [-0.2, 0) is 4.79 Å². The van der Waals surface area contributed by atoms with Crippen LogP contribution in [0, 0.1) is 5.41 Å². The third kappa shape index (κ3) is 4.64. The second-order valence-electron chi connectivity index (χ2n) is 3.54. The minimum atomic E-state index is 0.214. The van der Waals surface area contributed by atoms with Crippen molar-refractivity contribution in [2.45, 2.75) is 54.9 Å². The minimum absolute atomic E-state index is 0.214. The number of nitrogens with zero attached hydrogens (tertiary/aromatic N) is 1. The van der Waals surface area contributed by atoms with Crippen LogP contribution in [0.15, 0.2) is 0 Å².